The van der Waals surface area contributed by atoms with Gasteiger partial charge in [-0.05, 0) is 36.4 Å². The molecule has 8 heteroatoms. The van der Waals surface area contributed by atoms with Crippen molar-refractivity contribution in [3.05, 3.63) is 59.1 Å². The van der Waals surface area contributed by atoms with Gasteiger partial charge in [0.05, 0.1) is 10.6 Å². The third-order valence-corrected chi connectivity index (χ3v) is 4.63. The maximum atomic E-state index is 12.0. The Balaban J connectivity index is 1.54. The lowest BCUT2D eigenvalue weighted by Gasteiger charge is -2.09. The van der Waals surface area contributed by atoms with Crippen LogP contribution < -0.4 is 15.4 Å². The van der Waals surface area contributed by atoms with Crippen LogP contribution in [0.3, 0.4) is 0 Å². The molecule has 1 aliphatic rings. The lowest BCUT2D eigenvalue weighted by Crippen LogP contribution is -2.34. The van der Waals surface area contributed by atoms with Gasteiger partial charge in [-0.15, -0.1) is 0 Å². The van der Waals surface area contributed by atoms with Gasteiger partial charge < -0.3 is 10.1 Å². The van der Waals surface area contributed by atoms with Crippen LogP contribution >= 0.6 is 34.8 Å². The van der Waals surface area contributed by atoms with Crippen LogP contribution in [-0.4, -0.2) is 22.4 Å². The molecule has 1 saturated carbocycles. The number of carbonyl (C=O) groups is 2. The van der Waals surface area contributed by atoms with Gasteiger partial charge in [0.25, 0.3) is 5.91 Å². The number of ether oxygens (including phenoxy) is 1. The summed E-state index contributed by atoms with van der Waals surface area (Å²) in [6.07, 6.45) is 0.342. The Hall–Kier alpha value is -1.95. The highest BCUT2D eigenvalue weighted by molar-refractivity contribution is 6.51. The molecule has 0 spiro atoms. The van der Waals surface area contributed by atoms with E-state index in [1.807, 2.05) is 0 Å². The van der Waals surface area contributed by atoms with Gasteiger partial charge in [-0.2, -0.15) is 0 Å². The van der Waals surface area contributed by atoms with E-state index in [1.165, 1.54) is 6.07 Å². The fourth-order valence-electron chi connectivity index (χ4n) is 2.08. The van der Waals surface area contributed by atoms with E-state index in [4.69, 9.17) is 39.5 Å². The zero-order chi connectivity index (χ0) is 18.0. The monoisotopic (exact) mass is 398 g/mol. The number of nitrogens with one attached hydrogen (secondary N) is 2. The minimum Gasteiger partial charge on any atom is -0.487 e. The molecular weight excluding hydrogens is 387 g/mol. The number of amides is 3. The molecule has 2 aromatic rings. The molecule has 0 heterocycles. The molecule has 25 heavy (non-hydrogen) atoms. The molecule has 0 saturated heterocycles. The molecule has 1 unspecified atom stereocenters. The van der Waals surface area contributed by atoms with Gasteiger partial charge in [0.1, 0.15) is 11.9 Å². The van der Waals surface area contributed by atoms with Crippen LogP contribution in [0.1, 0.15) is 16.8 Å². The van der Waals surface area contributed by atoms with E-state index in [9.17, 15) is 9.59 Å². The minimum atomic E-state index is -0.824. The third-order valence-electron chi connectivity index (χ3n) is 3.50. The van der Waals surface area contributed by atoms with Crippen molar-refractivity contribution < 1.29 is 14.3 Å². The lowest BCUT2D eigenvalue weighted by molar-refractivity contribution is 0.0967. The number of benzene rings is 2. The molecule has 1 fully saturated rings. The fourth-order valence-corrected chi connectivity index (χ4v) is 2.67. The topological polar surface area (TPSA) is 67.4 Å². The van der Waals surface area contributed by atoms with Crippen molar-refractivity contribution in [3.8, 4) is 5.75 Å². The van der Waals surface area contributed by atoms with Crippen LogP contribution in [0, 0.1) is 0 Å². The molecule has 130 valence electrons. The van der Waals surface area contributed by atoms with Gasteiger partial charge in [0, 0.05) is 12.1 Å². The standard InChI is InChI=1S/C17H13Cl3N2O3/c18-13-4-2-1-3-12(13)15(23)22-16(24)21-10-5-7-11(8-6-10)25-14-9-17(14,19)20/h1-8,14H,9H2,(H2,21,22,23,24). The van der Waals surface area contributed by atoms with Crippen LogP contribution in [0.2, 0.25) is 5.02 Å². The highest BCUT2D eigenvalue weighted by Crippen LogP contribution is 2.49. The van der Waals surface area contributed by atoms with Gasteiger partial charge in [-0.3, -0.25) is 10.1 Å². The average molecular weight is 400 g/mol. The number of carbonyl (C=O) groups excluding carboxylic acids is 2. The van der Waals surface area contributed by atoms with Gasteiger partial charge >= 0.3 is 6.03 Å². The molecule has 5 nitrogen and oxygen atoms in total. The van der Waals surface area contributed by atoms with Crippen LogP contribution in [0.4, 0.5) is 10.5 Å². The average Bonchev–Trinajstić information content (AvgIpc) is 3.15. The maximum absolute atomic E-state index is 12.0. The summed E-state index contributed by atoms with van der Waals surface area (Å²) in [5.41, 5.74) is 0.716. The third kappa shape index (κ3) is 4.57. The van der Waals surface area contributed by atoms with E-state index in [-0.39, 0.29) is 16.7 Å². The molecule has 1 atom stereocenters. The van der Waals surface area contributed by atoms with Gasteiger partial charge in [-0.1, -0.05) is 46.9 Å². The van der Waals surface area contributed by atoms with Gasteiger partial charge in [-0.25, -0.2) is 4.79 Å². The molecule has 0 aromatic heterocycles. The number of halogens is 3. The van der Waals surface area contributed by atoms with Crippen molar-refractivity contribution in [3.63, 3.8) is 0 Å². The van der Waals surface area contributed by atoms with Crippen molar-refractivity contribution in [1.29, 1.82) is 0 Å². The maximum Gasteiger partial charge on any atom is 0.326 e. The van der Waals surface area contributed by atoms with Gasteiger partial charge in [0.15, 0.2) is 4.33 Å². The Labute approximate surface area is 159 Å². The Morgan fingerprint density at radius 2 is 1.72 bits per heavy atom. The number of alkyl halides is 2. The molecule has 0 radical (unpaired) electrons. The summed E-state index contributed by atoms with van der Waals surface area (Å²) in [6, 6.07) is 12.4. The summed E-state index contributed by atoms with van der Waals surface area (Å²) in [5, 5.41) is 5.03. The van der Waals surface area contributed by atoms with E-state index < -0.39 is 16.3 Å². The first-order chi connectivity index (χ1) is 11.8. The number of hydrogen-bond donors (Lipinski definition) is 2. The number of rotatable bonds is 4. The molecule has 0 aliphatic heterocycles. The van der Waals surface area contributed by atoms with Crippen LogP contribution in [0.15, 0.2) is 48.5 Å². The van der Waals surface area contributed by atoms with Crippen molar-refractivity contribution in [2.24, 2.45) is 0 Å². The second-order valence-electron chi connectivity index (χ2n) is 5.48. The first-order valence-corrected chi connectivity index (χ1v) is 8.50. The van der Waals surface area contributed by atoms with Crippen molar-refractivity contribution in [1.82, 2.24) is 5.32 Å². The summed E-state index contributed by atoms with van der Waals surface area (Å²) in [7, 11) is 0. The molecule has 3 rings (SSSR count). The second kappa shape index (κ2) is 7.12. The van der Waals surface area contributed by atoms with E-state index in [0.29, 0.717) is 17.9 Å². The van der Waals surface area contributed by atoms with Crippen LogP contribution in [0.25, 0.3) is 0 Å². The highest BCUT2D eigenvalue weighted by atomic mass is 35.5. The summed E-state index contributed by atoms with van der Waals surface area (Å²) < 4.78 is 4.75. The Morgan fingerprint density at radius 1 is 1.08 bits per heavy atom. The molecule has 0 bridgehead atoms. The van der Waals surface area contributed by atoms with E-state index in [2.05, 4.69) is 10.6 Å². The molecular formula is C17H13Cl3N2O3. The van der Waals surface area contributed by atoms with E-state index in [1.54, 1.807) is 42.5 Å². The van der Waals surface area contributed by atoms with Crippen molar-refractivity contribution >= 4 is 52.4 Å². The SMILES string of the molecule is O=C(NC(=O)c1ccccc1Cl)Nc1ccc(OC2CC2(Cl)Cl)cc1. The van der Waals surface area contributed by atoms with E-state index in [0.717, 1.165) is 0 Å². The van der Waals surface area contributed by atoms with Gasteiger partial charge in [0.2, 0.25) is 0 Å². The fraction of sp³-hybridized carbons (Fsp3) is 0.176. The van der Waals surface area contributed by atoms with E-state index >= 15 is 0 Å². The van der Waals surface area contributed by atoms with Crippen molar-refractivity contribution in [2.45, 2.75) is 16.9 Å². The smallest absolute Gasteiger partial charge is 0.326 e. The zero-order valence-electron chi connectivity index (χ0n) is 12.8. The van der Waals surface area contributed by atoms with Crippen molar-refractivity contribution in [2.75, 3.05) is 5.32 Å². The number of urea groups is 1. The normalized spacial score (nSPS) is 17.5. The molecule has 2 aromatic carbocycles. The molecule has 2 N–H and O–H groups in total. The minimum absolute atomic E-state index is 0.220. The number of hydrogen-bond acceptors (Lipinski definition) is 3. The quantitative estimate of drug-likeness (QED) is 0.737. The first kappa shape index (κ1) is 17.9. The first-order valence-electron chi connectivity index (χ1n) is 7.36. The lowest BCUT2D eigenvalue weighted by atomic mass is 10.2. The second-order valence-corrected chi connectivity index (χ2v) is 7.43. The highest BCUT2D eigenvalue weighted by Gasteiger charge is 2.54. The Morgan fingerprint density at radius 3 is 2.32 bits per heavy atom. The Kier molecular flexibility index (Phi) is 5.08. The summed E-state index contributed by atoms with van der Waals surface area (Å²) in [4.78, 5) is 23.9. The molecule has 3 amide bonds. The molecule has 1 aliphatic carbocycles. The van der Waals surface area contributed by atoms with Crippen LogP contribution in [0.5, 0.6) is 5.75 Å². The summed E-state index contributed by atoms with van der Waals surface area (Å²) in [6.45, 7) is 0. The Bertz CT molecular complexity index is 809. The summed E-state index contributed by atoms with van der Waals surface area (Å²) in [5.74, 6) is 0.00336. The predicted octanol–water partition coefficient (Wildman–Crippen LogP) is 4.63. The number of anilines is 1. The predicted molar refractivity (Wildman–Crippen MR) is 97.8 cm³/mol. The largest absolute Gasteiger partial charge is 0.487 e. The summed E-state index contributed by atoms with van der Waals surface area (Å²) >= 11 is 17.7. The zero-order valence-corrected chi connectivity index (χ0v) is 15.0. The number of imide groups is 1. The van der Waals surface area contributed by atoms with Crippen LogP contribution in [-0.2, 0) is 0 Å².